The summed E-state index contributed by atoms with van der Waals surface area (Å²) in [5.41, 5.74) is -0.528. The van der Waals surface area contributed by atoms with Crippen LogP contribution in [0.3, 0.4) is 0 Å². The SMILES string of the molecule is CN(N)C(C)(C)C=O. The molecule has 48 valence electrons. The van der Waals surface area contributed by atoms with Crippen molar-refractivity contribution < 1.29 is 4.79 Å². The van der Waals surface area contributed by atoms with E-state index in [0.29, 0.717) is 0 Å². The van der Waals surface area contributed by atoms with Crippen LogP contribution in [0.15, 0.2) is 0 Å². The lowest BCUT2D eigenvalue weighted by Gasteiger charge is -2.24. The molecule has 3 heteroatoms. The maximum Gasteiger partial charge on any atom is 0.141 e. The second-order valence-electron chi connectivity index (χ2n) is 2.38. The van der Waals surface area contributed by atoms with Crippen LogP contribution in [-0.4, -0.2) is 23.9 Å². The lowest BCUT2D eigenvalue weighted by atomic mass is 10.1. The van der Waals surface area contributed by atoms with Gasteiger partial charge in [-0.15, -0.1) is 0 Å². The maximum atomic E-state index is 10.1. The quantitative estimate of drug-likeness (QED) is 0.308. The summed E-state index contributed by atoms with van der Waals surface area (Å²) in [7, 11) is 1.66. The minimum Gasteiger partial charge on any atom is -0.301 e. The van der Waals surface area contributed by atoms with Crippen molar-refractivity contribution in [3.63, 3.8) is 0 Å². The number of likely N-dealkylation sites (N-methyl/N-ethyl adjacent to an activating group) is 1. The van der Waals surface area contributed by atoms with Crippen molar-refractivity contribution in [2.24, 2.45) is 5.84 Å². The van der Waals surface area contributed by atoms with E-state index in [2.05, 4.69) is 0 Å². The molecule has 0 aliphatic carbocycles. The van der Waals surface area contributed by atoms with Gasteiger partial charge in [0.05, 0.1) is 5.54 Å². The first-order valence-electron chi connectivity index (χ1n) is 2.45. The normalized spacial score (nSPS) is 12.1. The third kappa shape index (κ3) is 1.60. The zero-order valence-electron chi connectivity index (χ0n) is 5.51. The summed E-state index contributed by atoms with van der Waals surface area (Å²) in [5.74, 6) is 5.28. The van der Waals surface area contributed by atoms with Crippen LogP contribution in [0, 0.1) is 0 Å². The molecule has 0 fully saturated rings. The molecule has 0 aliphatic rings. The van der Waals surface area contributed by atoms with E-state index in [1.54, 1.807) is 20.9 Å². The molecular weight excluding hydrogens is 104 g/mol. The highest BCUT2D eigenvalue weighted by Crippen LogP contribution is 2.01. The number of nitrogens with zero attached hydrogens (tertiary/aromatic N) is 1. The molecule has 0 unspecified atom stereocenters. The van der Waals surface area contributed by atoms with Crippen molar-refractivity contribution in [2.45, 2.75) is 19.4 Å². The third-order valence-corrected chi connectivity index (χ3v) is 1.20. The number of nitrogens with two attached hydrogens (primary N) is 1. The molecule has 8 heavy (non-hydrogen) atoms. The Hall–Kier alpha value is -0.410. The Kier molecular flexibility index (Phi) is 2.12. The summed E-state index contributed by atoms with van der Waals surface area (Å²) in [4.78, 5) is 10.1. The Morgan fingerprint density at radius 1 is 1.62 bits per heavy atom. The fraction of sp³-hybridized carbons (Fsp3) is 0.800. The van der Waals surface area contributed by atoms with Gasteiger partial charge in [-0.25, -0.2) is 5.01 Å². The highest BCUT2D eigenvalue weighted by atomic mass is 16.1. The molecule has 0 spiro atoms. The van der Waals surface area contributed by atoms with E-state index in [1.807, 2.05) is 0 Å². The molecule has 0 aliphatic heterocycles. The minimum absolute atomic E-state index is 0.528. The van der Waals surface area contributed by atoms with E-state index < -0.39 is 5.54 Å². The molecule has 0 atom stereocenters. The number of rotatable bonds is 2. The van der Waals surface area contributed by atoms with Crippen LogP contribution >= 0.6 is 0 Å². The molecule has 0 bridgehead atoms. The zero-order chi connectivity index (χ0) is 6.78. The Bertz CT molecular complexity index is 88.4. The summed E-state index contributed by atoms with van der Waals surface area (Å²) >= 11 is 0. The van der Waals surface area contributed by atoms with E-state index in [4.69, 9.17) is 5.84 Å². The van der Waals surface area contributed by atoms with Gasteiger partial charge in [0.25, 0.3) is 0 Å². The van der Waals surface area contributed by atoms with Crippen LogP contribution in [0.4, 0.5) is 0 Å². The number of carbonyl (C=O) groups is 1. The fourth-order valence-electron chi connectivity index (χ4n) is 0.0831. The second kappa shape index (κ2) is 2.24. The van der Waals surface area contributed by atoms with Gasteiger partial charge in [-0.05, 0) is 13.8 Å². The van der Waals surface area contributed by atoms with Crippen molar-refractivity contribution in [3.8, 4) is 0 Å². The lowest BCUT2D eigenvalue weighted by Crippen LogP contribution is -2.46. The van der Waals surface area contributed by atoms with Crippen LogP contribution in [0.1, 0.15) is 13.8 Å². The molecule has 2 N–H and O–H groups in total. The van der Waals surface area contributed by atoms with E-state index in [9.17, 15) is 4.79 Å². The molecule has 0 aromatic rings. The van der Waals surface area contributed by atoms with Gasteiger partial charge in [-0.3, -0.25) is 5.84 Å². The molecule has 0 saturated carbocycles. The molecule has 0 heterocycles. The Morgan fingerprint density at radius 3 is 2.00 bits per heavy atom. The third-order valence-electron chi connectivity index (χ3n) is 1.20. The minimum atomic E-state index is -0.528. The maximum absolute atomic E-state index is 10.1. The molecule has 0 radical (unpaired) electrons. The average Bonchev–Trinajstić information content (AvgIpc) is 1.67. The van der Waals surface area contributed by atoms with Gasteiger partial charge in [0.15, 0.2) is 0 Å². The van der Waals surface area contributed by atoms with Crippen molar-refractivity contribution in [1.82, 2.24) is 5.01 Å². The number of hydrazine groups is 1. The molecule has 0 rings (SSSR count). The fourth-order valence-corrected chi connectivity index (χ4v) is 0.0831. The first-order chi connectivity index (χ1) is 3.50. The number of aldehydes is 1. The summed E-state index contributed by atoms with van der Waals surface area (Å²) in [6, 6.07) is 0. The molecule has 0 amide bonds. The highest BCUT2D eigenvalue weighted by Gasteiger charge is 2.18. The summed E-state index contributed by atoms with van der Waals surface area (Å²) < 4.78 is 0. The monoisotopic (exact) mass is 116 g/mol. The summed E-state index contributed by atoms with van der Waals surface area (Å²) in [5, 5.41) is 1.38. The highest BCUT2D eigenvalue weighted by molar-refractivity contribution is 5.62. The van der Waals surface area contributed by atoms with Crippen molar-refractivity contribution in [3.05, 3.63) is 0 Å². The first-order valence-corrected chi connectivity index (χ1v) is 2.45. The van der Waals surface area contributed by atoms with Gasteiger partial charge < -0.3 is 4.79 Å². The predicted octanol–water partition coefficient (Wildman–Crippen LogP) is -0.231. The average molecular weight is 116 g/mol. The second-order valence-corrected chi connectivity index (χ2v) is 2.38. The first kappa shape index (κ1) is 7.59. The van der Waals surface area contributed by atoms with Gasteiger partial charge in [0, 0.05) is 7.05 Å². The van der Waals surface area contributed by atoms with Crippen LogP contribution in [0.25, 0.3) is 0 Å². The molecule has 0 saturated heterocycles. The van der Waals surface area contributed by atoms with Crippen molar-refractivity contribution >= 4 is 6.29 Å². The van der Waals surface area contributed by atoms with Crippen LogP contribution in [0.2, 0.25) is 0 Å². The van der Waals surface area contributed by atoms with Crippen molar-refractivity contribution in [2.75, 3.05) is 7.05 Å². The molecular formula is C5H12N2O. The van der Waals surface area contributed by atoms with Crippen molar-refractivity contribution in [1.29, 1.82) is 0 Å². The standard InChI is InChI=1S/C5H12N2O/c1-5(2,4-8)7(3)6/h4H,6H2,1-3H3. The predicted molar refractivity (Wildman–Crippen MR) is 32.1 cm³/mol. The Labute approximate surface area is 49.4 Å². The molecule has 0 aromatic heterocycles. The summed E-state index contributed by atoms with van der Waals surface area (Å²) in [6.07, 6.45) is 0.812. The van der Waals surface area contributed by atoms with Crippen LogP contribution < -0.4 is 5.84 Å². The zero-order valence-corrected chi connectivity index (χ0v) is 5.51. The largest absolute Gasteiger partial charge is 0.301 e. The van der Waals surface area contributed by atoms with E-state index in [-0.39, 0.29) is 0 Å². The number of hydrogen-bond acceptors (Lipinski definition) is 3. The number of hydrogen-bond donors (Lipinski definition) is 1. The van der Waals surface area contributed by atoms with E-state index >= 15 is 0 Å². The number of carbonyl (C=O) groups excluding carboxylic acids is 1. The van der Waals surface area contributed by atoms with Crippen LogP contribution in [0.5, 0.6) is 0 Å². The van der Waals surface area contributed by atoms with E-state index in [0.717, 1.165) is 6.29 Å². The van der Waals surface area contributed by atoms with Gasteiger partial charge in [0.1, 0.15) is 6.29 Å². The van der Waals surface area contributed by atoms with Gasteiger partial charge in [0.2, 0.25) is 0 Å². The van der Waals surface area contributed by atoms with E-state index in [1.165, 1.54) is 5.01 Å². The topological polar surface area (TPSA) is 46.3 Å². The summed E-state index contributed by atoms with van der Waals surface area (Å²) in [6.45, 7) is 3.50. The molecule has 3 nitrogen and oxygen atoms in total. The van der Waals surface area contributed by atoms with Crippen LogP contribution in [-0.2, 0) is 4.79 Å². The van der Waals surface area contributed by atoms with Gasteiger partial charge in [-0.1, -0.05) is 0 Å². The smallest absolute Gasteiger partial charge is 0.141 e. The lowest BCUT2D eigenvalue weighted by molar-refractivity contribution is -0.116. The van der Waals surface area contributed by atoms with Gasteiger partial charge in [-0.2, -0.15) is 0 Å². The van der Waals surface area contributed by atoms with Gasteiger partial charge >= 0.3 is 0 Å². The molecule has 0 aromatic carbocycles. The Balaban J connectivity index is 3.90. The Morgan fingerprint density at radius 2 is 2.00 bits per heavy atom.